The number of aromatic nitrogens is 2. The first-order valence-electron chi connectivity index (χ1n) is 8.39. The molecular weight excluding hydrogens is 382 g/mol. The molecule has 0 N–H and O–H groups in total. The third-order valence-corrected chi connectivity index (χ3v) is 4.69. The largest absolute Gasteiger partial charge is 0.493 e. The molecule has 1 amide bonds. The van der Waals surface area contributed by atoms with Crippen LogP contribution in [0.4, 0.5) is 0 Å². The van der Waals surface area contributed by atoms with Crippen molar-refractivity contribution in [1.82, 2.24) is 15.0 Å². The minimum Gasteiger partial charge on any atom is -0.493 e. The van der Waals surface area contributed by atoms with Crippen LogP contribution in [0.1, 0.15) is 38.5 Å². The summed E-state index contributed by atoms with van der Waals surface area (Å²) in [5.74, 6) is 0.951. The van der Waals surface area contributed by atoms with Crippen LogP contribution in [0.2, 0.25) is 0 Å². The van der Waals surface area contributed by atoms with Gasteiger partial charge in [-0.1, -0.05) is 5.16 Å². The number of carbonyl (C=O) groups is 2. The van der Waals surface area contributed by atoms with E-state index in [0.29, 0.717) is 29.4 Å². The lowest BCUT2D eigenvalue weighted by atomic mass is 10.1. The Morgan fingerprint density at radius 2 is 2.07 bits per heavy atom. The molecule has 28 heavy (non-hydrogen) atoms. The molecule has 146 valence electrons. The number of nitrogens with zero attached hydrogens (tertiary/aromatic N) is 3. The molecule has 3 aromatic rings. The summed E-state index contributed by atoms with van der Waals surface area (Å²) >= 11 is 1.48. The van der Waals surface area contributed by atoms with Gasteiger partial charge in [0.25, 0.3) is 5.91 Å². The SMILES string of the molecule is COc1cc(C(C)=O)ccc1OCc1cc(C(=O)N(C)Cc2nccs2)no1. The van der Waals surface area contributed by atoms with Gasteiger partial charge in [-0.15, -0.1) is 11.3 Å². The minimum absolute atomic E-state index is 0.0618. The summed E-state index contributed by atoms with van der Waals surface area (Å²) in [6.45, 7) is 1.94. The molecule has 1 aromatic carbocycles. The number of rotatable bonds is 8. The van der Waals surface area contributed by atoms with Crippen molar-refractivity contribution >= 4 is 23.0 Å². The van der Waals surface area contributed by atoms with Crippen LogP contribution in [0.25, 0.3) is 0 Å². The van der Waals surface area contributed by atoms with Gasteiger partial charge in [-0.3, -0.25) is 9.59 Å². The summed E-state index contributed by atoms with van der Waals surface area (Å²) in [5, 5.41) is 6.51. The summed E-state index contributed by atoms with van der Waals surface area (Å²) < 4.78 is 16.1. The van der Waals surface area contributed by atoms with Crippen LogP contribution < -0.4 is 9.47 Å². The van der Waals surface area contributed by atoms with Crippen LogP contribution in [0, 0.1) is 0 Å². The Morgan fingerprint density at radius 3 is 2.75 bits per heavy atom. The second-order valence-electron chi connectivity index (χ2n) is 5.98. The highest BCUT2D eigenvalue weighted by Crippen LogP contribution is 2.29. The second kappa shape index (κ2) is 8.66. The Balaban J connectivity index is 1.63. The Bertz CT molecular complexity index is 968. The topological polar surface area (TPSA) is 94.8 Å². The highest BCUT2D eigenvalue weighted by molar-refractivity contribution is 7.09. The number of ether oxygens (including phenoxy) is 2. The van der Waals surface area contributed by atoms with Gasteiger partial charge in [0.2, 0.25) is 0 Å². The standard InChI is InChI=1S/C19H19N3O5S/c1-12(23)13-4-5-16(17(8-13)25-3)26-11-14-9-15(21-27-14)19(24)22(2)10-18-20-6-7-28-18/h4-9H,10-11H2,1-3H3. The fourth-order valence-electron chi connectivity index (χ4n) is 2.44. The van der Waals surface area contributed by atoms with Crippen molar-refractivity contribution in [2.45, 2.75) is 20.1 Å². The summed E-state index contributed by atoms with van der Waals surface area (Å²) in [6.07, 6.45) is 1.70. The number of hydrogen-bond acceptors (Lipinski definition) is 8. The number of methoxy groups -OCH3 is 1. The molecule has 0 radical (unpaired) electrons. The quantitative estimate of drug-likeness (QED) is 0.535. The number of thiazole rings is 1. The molecule has 0 fully saturated rings. The first kappa shape index (κ1) is 19.6. The minimum atomic E-state index is -0.270. The average Bonchev–Trinajstić information content (AvgIpc) is 3.37. The van der Waals surface area contributed by atoms with E-state index in [1.54, 1.807) is 31.4 Å². The van der Waals surface area contributed by atoms with Gasteiger partial charge >= 0.3 is 0 Å². The summed E-state index contributed by atoms with van der Waals surface area (Å²) in [7, 11) is 3.17. The number of carbonyl (C=O) groups excluding carboxylic acids is 2. The zero-order chi connectivity index (χ0) is 20.1. The van der Waals surface area contributed by atoms with Crippen molar-refractivity contribution in [3.8, 4) is 11.5 Å². The number of hydrogen-bond donors (Lipinski definition) is 0. The van der Waals surface area contributed by atoms with Crippen LogP contribution in [0.3, 0.4) is 0 Å². The van der Waals surface area contributed by atoms with Crippen molar-refractivity contribution in [1.29, 1.82) is 0 Å². The van der Waals surface area contributed by atoms with E-state index in [9.17, 15) is 9.59 Å². The van der Waals surface area contributed by atoms with E-state index >= 15 is 0 Å². The van der Waals surface area contributed by atoms with Crippen molar-refractivity contribution in [3.63, 3.8) is 0 Å². The number of Topliss-reactive ketones (excluding diaryl/α,β-unsaturated/α-hetero) is 1. The van der Waals surface area contributed by atoms with E-state index in [1.165, 1.54) is 36.3 Å². The Labute approximate surface area is 165 Å². The Morgan fingerprint density at radius 1 is 1.25 bits per heavy atom. The van der Waals surface area contributed by atoms with Gasteiger partial charge in [-0.05, 0) is 25.1 Å². The first-order chi connectivity index (χ1) is 13.5. The highest BCUT2D eigenvalue weighted by Gasteiger charge is 2.18. The maximum absolute atomic E-state index is 12.4. The molecule has 9 heteroatoms. The van der Waals surface area contributed by atoms with Crippen LogP contribution in [-0.2, 0) is 13.2 Å². The van der Waals surface area contributed by atoms with Gasteiger partial charge in [0.1, 0.15) is 11.6 Å². The Hall–Kier alpha value is -3.20. The molecule has 0 saturated carbocycles. The normalized spacial score (nSPS) is 10.5. The number of benzene rings is 1. The van der Waals surface area contributed by atoms with Gasteiger partial charge in [0.05, 0.1) is 13.7 Å². The lowest BCUT2D eigenvalue weighted by molar-refractivity contribution is 0.0774. The maximum Gasteiger partial charge on any atom is 0.276 e. The summed E-state index contributed by atoms with van der Waals surface area (Å²) in [5.41, 5.74) is 0.719. The van der Waals surface area contributed by atoms with Crippen molar-refractivity contribution in [2.24, 2.45) is 0 Å². The van der Waals surface area contributed by atoms with Crippen molar-refractivity contribution in [3.05, 3.63) is 57.9 Å². The predicted molar refractivity (Wildman–Crippen MR) is 102 cm³/mol. The van der Waals surface area contributed by atoms with Crippen LogP contribution in [-0.4, -0.2) is 40.9 Å². The molecule has 0 bridgehead atoms. The fourth-order valence-corrected chi connectivity index (χ4v) is 3.11. The first-order valence-corrected chi connectivity index (χ1v) is 9.27. The molecular formula is C19H19N3O5S. The summed E-state index contributed by atoms with van der Waals surface area (Å²) in [4.78, 5) is 29.6. The summed E-state index contributed by atoms with van der Waals surface area (Å²) in [6, 6.07) is 6.46. The van der Waals surface area contributed by atoms with E-state index in [-0.39, 0.29) is 24.0 Å². The lowest BCUT2D eigenvalue weighted by Gasteiger charge is -2.13. The zero-order valence-corrected chi connectivity index (χ0v) is 16.5. The number of amides is 1. The second-order valence-corrected chi connectivity index (χ2v) is 6.96. The Kier molecular flexibility index (Phi) is 6.05. The molecule has 3 rings (SSSR count). The monoisotopic (exact) mass is 401 g/mol. The fraction of sp³-hybridized carbons (Fsp3) is 0.263. The maximum atomic E-state index is 12.4. The molecule has 0 unspecified atom stereocenters. The van der Waals surface area contributed by atoms with E-state index in [1.807, 2.05) is 5.38 Å². The van der Waals surface area contributed by atoms with Crippen molar-refractivity contribution < 1.29 is 23.6 Å². The average molecular weight is 401 g/mol. The van der Waals surface area contributed by atoms with Gasteiger partial charge in [0.15, 0.2) is 28.7 Å². The van der Waals surface area contributed by atoms with Crippen LogP contribution >= 0.6 is 11.3 Å². The molecule has 0 spiro atoms. The third-order valence-electron chi connectivity index (χ3n) is 3.92. The third kappa shape index (κ3) is 4.55. The molecule has 0 atom stereocenters. The van der Waals surface area contributed by atoms with Gasteiger partial charge in [-0.25, -0.2) is 4.98 Å². The molecule has 0 aliphatic rings. The predicted octanol–water partition coefficient (Wildman–Crippen LogP) is 3.19. The van der Waals surface area contributed by atoms with Gasteiger partial charge < -0.3 is 18.9 Å². The molecule has 0 aliphatic carbocycles. The van der Waals surface area contributed by atoms with E-state index in [2.05, 4.69) is 10.1 Å². The van der Waals surface area contributed by atoms with Gasteiger partial charge in [-0.2, -0.15) is 0 Å². The van der Waals surface area contributed by atoms with E-state index in [0.717, 1.165) is 5.01 Å². The van der Waals surface area contributed by atoms with E-state index in [4.69, 9.17) is 14.0 Å². The van der Waals surface area contributed by atoms with Gasteiger partial charge in [0, 0.05) is 30.3 Å². The zero-order valence-electron chi connectivity index (χ0n) is 15.7. The smallest absolute Gasteiger partial charge is 0.276 e. The van der Waals surface area contributed by atoms with E-state index < -0.39 is 0 Å². The molecule has 2 heterocycles. The van der Waals surface area contributed by atoms with Crippen molar-refractivity contribution in [2.75, 3.05) is 14.2 Å². The van der Waals surface area contributed by atoms with Crippen LogP contribution in [0.15, 0.2) is 40.4 Å². The highest BCUT2D eigenvalue weighted by atomic mass is 32.1. The lowest BCUT2D eigenvalue weighted by Crippen LogP contribution is -2.26. The molecule has 8 nitrogen and oxygen atoms in total. The molecule has 0 saturated heterocycles. The molecule has 2 aromatic heterocycles. The van der Waals surface area contributed by atoms with Crippen LogP contribution in [0.5, 0.6) is 11.5 Å². The molecule has 0 aliphatic heterocycles. The number of ketones is 1.